The number of carbonyl (C=O) groups is 3. The zero-order chi connectivity index (χ0) is 19.4. The average Bonchev–Trinajstić information content (AvgIpc) is 2.90. The van der Waals surface area contributed by atoms with E-state index in [1.165, 1.54) is 12.8 Å². The van der Waals surface area contributed by atoms with Crippen LogP contribution in [0.25, 0.3) is 0 Å². The lowest BCUT2D eigenvalue weighted by Gasteiger charge is -2.33. The lowest BCUT2D eigenvalue weighted by Crippen LogP contribution is -2.60. The molecule has 7 heteroatoms. The minimum absolute atomic E-state index is 0.450. The summed E-state index contributed by atoms with van der Waals surface area (Å²) in [7, 11) is 0. The van der Waals surface area contributed by atoms with Gasteiger partial charge < -0.3 is 5.43 Å². The van der Waals surface area contributed by atoms with Crippen LogP contribution in [0.3, 0.4) is 0 Å². The quantitative estimate of drug-likeness (QED) is 0.796. The summed E-state index contributed by atoms with van der Waals surface area (Å²) in [6.07, 6.45) is 6.24. The Morgan fingerprint density at radius 3 is 2.30 bits per heavy atom. The number of hydrogen-bond acceptors (Lipinski definition) is 5. The lowest BCUT2D eigenvalue weighted by atomic mass is 9.99. The van der Waals surface area contributed by atoms with Crippen LogP contribution in [0.1, 0.15) is 38.2 Å². The largest absolute Gasteiger partial charge is 0.335 e. The summed E-state index contributed by atoms with van der Waals surface area (Å²) in [5, 5.41) is 4.37. The van der Waals surface area contributed by atoms with Crippen molar-refractivity contribution < 1.29 is 14.4 Å². The van der Waals surface area contributed by atoms with E-state index < -0.39 is 23.8 Å². The predicted molar refractivity (Wildman–Crippen MR) is 103 cm³/mol. The molecule has 0 saturated carbocycles. The van der Waals surface area contributed by atoms with Gasteiger partial charge in [-0.2, -0.15) is 0 Å². The topological polar surface area (TPSA) is 81.8 Å². The van der Waals surface area contributed by atoms with Crippen LogP contribution in [0.15, 0.2) is 36.0 Å². The highest BCUT2D eigenvalue weighted by Crippen LogP contribution is 2.24. The molecule has 2 fully saturated rings. The van der Waals surface area contributed by atoms with Crippen molar-refractivity contribution in [3.8, 4) is 0 Å². The molecule has 0 unspecified atom stereocenters. The molecule has 2 heterocycles. The van der Waals surface area contributed by atoms with Gasteiger partial charge in [-0.05, 0) is 38.8 Å². The fraction of sp³-hybridized carbons (Fsp3) is 0.450. The van der Waals surface area contributed by atoms with Gasteiger partial charge in [0, 0.05) is 18.8 Å². The van der Waals surface area contributed by atoms with Crippen LogP contribution in [-0.4, -0.2) is 35.9 Å². The molecule has 4 amide bonds. The number of urea groups is 1. The van der Waals surface area contributed by atoms with E-state index in [2.05, 4.69) is 15.8 Å². The van der Waals surface area contributed by atoms with Gasteiger partial charge in [-0.15, -0.1) is 0 Å². The van der Waals surface area contributed by atoms with Crippen molar-refractivity contribution in [1.29, 1.82) is 0 Å². The first kappa shape index (κ1) is 19.1. The highest BCUT2D eigenvalue weighted by atomic mass is 16.2. The fourth-order valence-electron chi connectivity index (χ4n) is 3.45. The molecule has 1 aromatic rings. The van der Waals surface area contributed by atoms with Crippen molar-refractivity contribution in [3.05, 3.63) is 41.6 Å². The zero-order valence-electron chi connectivity index (χ0n) is 15.8. The molecule has 3 rings (SSSR count). The SMILES string of the molecule is C/C=C(/NN1CCCCCC1)[C@@H]1C(=O)NC(=O)N(c2ccc(C)cc2)C1=O. The van der Waals surface area contributed by atoms with Crippen LogP contribution in [-0.2, 0) is 9.59 Å². The maximum Gasteiger partial charge on any atom is 0.335 e. The number of rotatable bonds is 4. The summed E-state index contributed by atoms with van der Waals surface area (Å²) < 4.78 is 0. The molecular formula is C20H26N4O3. The first-order valence-electron chi connectivity index (χ1n) is 9.44. The van der Waals surface area contributed by atoms with E-state index in [-0.39, 0.29) is 0 Å². The third-order valence-corrected chi connectivity index (χ3v) is 4.97. The first-order chi connectivity index (χ1) is 13.0. The van der Waals surface area contributed by atoms with Gasteiger partial charge in [0.15, 0.2) is 5.92 Å². The van der Waals surface area contributed by atoms with Crippen LogP contribution in [0.5, 0.6) is 0 Å². The number of carbonyl (C=O) groups excluding carboxylic acids is 3. The van der Waals surface area contributed by atoms with E-state index >= 15 is 0 Å². The van der Waals surface area contributed by atoms with Crippen molar-refractivity contribution >= 4 is 23.5 Å². The normalized spacial score (nSPS) is 22.4. The maximum atomic E-state index is 13.1. The molecule has 0 radical (unpaired) electrons. The Kier molecular flexibility index (Phi) is 5.91. The molecule has 2 aliphatic rings. The van der Waals surface area contributed by atoms with Crippen molar-refractivity contribution in [1.82, 2.24) is 15.8 Å². The van der Waals surface area contributed by atoms with E-state index in [0.717, 1.165) is 36.4 Å². The van der Waals surface area contributed by atoms with Gasteiger partial charge in [-0.3, -0.25) is 14.9 Å². The molecule has 2 N–H and O–H groups in total. The highest BCUT2D eigenvalue weighted by molar-refractivity contribution is 6.28. The Morgan fingerprint density at radius 1 is 1.07 bits per heavy atom. The Bertz CT molecular complexity index is 749. The second kappa shape index (κ2) is 8.35. The van der Waals surface area contributed by atoms with E-state index in [1.807, 2.05) is 19.1 Å². The molecular weight excluding hydrogens is 344 g/mol. The molecule has 0 aromatic heterocycles. The van der Waals surface area contributed by atoms with Crippen LogP contribution in [0.4, 0.5) is 10.5 Å². The van der Waals surface area contributed by atoms with Gasteiger partial charge in [0.05, 0.1) is 5.69 Å². The Labute approximate surface area is 159 Å². The summed E-state index contributed by atoms with van der Waals surface area (Å²) in [6.45, 7) is 5.44. The molecule has 0 aliphatic carbocycles. The molecule has 1 atom stereocenters. The van der Waals surface area contributed by atoms with Crippen LogP contribution >= 0.6 is 0 Å². The predicted octanol–water partition coefficient (Wildman–Crippen LogP) is 2.48. The number of aryl methyl sites for hydroxylation is 1. The summed E-state index contributed by atoms with van der Waals surface area (Å²) in [5.74, 6) is -2.20. The number of imide groups is 2. The highest BCUT2D eigenvalue weighted by Gasteiger charge is 2.43. The van der Waals surface area contributed by atoms with Gasteiger partial charge in [-0.1, -0.05) is 36.6 Å². The van der Waals surface area contributed by atoms with Gasteiger partial charge in [0.1, 0.15) is 0 Å². The van der Waals surface area contributed by atoms with Crippen LogP contribution in [0.2, 0.25) is 0 Å². The second-order valence-electron chi connectivity index (χ2n) is 6.99. The molecule has 1 aromatic carbocycles. The monoisotopic (exact) mass is 370 g/mol. The van der Waals surface area contributed by atoms with Gasteiger partial charge >= 0.3 is 6.03 Å². The summed E-state index contributed by atoms with van der Waals surface area (Å²) in [4.78, 5) is 38.9. The number of allylic oxidation sites excluding steroid dienone is 1. The summed E-state index contributed by atoms with van der Waals surface area (Å²) in [6, 6.07) is 6.35. The summed E-state index contributed by atoms with van der Waals surface area (Å²) >= 11 is 0. The number of hydrazine groups is 1. The number of hydrogen-bond donors (Lipinski definition) is 2. The second-order valence-corrected chi connectivity index (χ2v) is 6.99. The molecule has 0 bridgehead atoms. The molecule has 7 nitrogen and oxygen atoms in total. The number of nitrogens with one attached hydrogen (secondary N) is 2. The standard InChI is InChI=1S/C20H26N4O3/c1-3-16(22-23-12-6-4-5-7-13-23)17-18(25)21-20(27)24(19(17)26)15-10-8-14(2)9-11-15/h3,8-11,17,22H,4-7,12-13H2,1-2H3,(H,21,25,27)/b16-3+/t17-/m1/s1. The van der Waals surface area contributed by atoms with Crippen molar-refractivity contribution in [3.63, 3.8) is 0 Å². The first-order valence-corrected chi connectivity index (χ1v) is 9.44. The fourth-order valence-corrected chi connectivity index (χ4v) is 3.45. The van der Waals surface area contributed by atoms with Gasteiger partial charge in [-0.25, -0.2) is 14.7 Å². The van der Waals surface area contributed by atoms with E-state index in [4.69, 9.17) is 0 Å². The number of benzene rings is 1. The Hall–Kier alpha value is -2.67. The third kappa shape index (κ3) is 4.19. The molecule has 144 valence electrons. The van der Waals surface area contributed by atoms with Crippen molar-refractivity contribution in [2.45, 2.75) is 39.5 Å². The Morgan fingerprint density at radius 2 is 1.70 bits per heavy atom. The minimum Gasteiger partial charge on any atom is -0.322 e. The molecule has 2 saturated heterocycles. The minimum atomic E-state index is -1.07. The number of barbiturate groups is 1. The zero-order valence-corrected chi connectivity index (χ0v) is 15.8. The number of nitrogens with zero attached hydrogens (tertiary/aromatic N) is 2. The lowest BCUT2D eigenvalue weighted by molar-refractivity contribution is -0.133. The van der Waals surface area contributed by atoms with E-state index in [9.17, 15) is 14.4 Å². The van der Waals surface area contributed by atoms with Crippen molar-refractivity contribution in [2.75, 3.05) is 18.0 Å². The van der Waals surface area contributed by atoms with Gasteiger partial charge in [0.25, 0.3) is 5.91 Å². The maximum absolute atomic E-state index is 13.1. The van der Waals surface area contributed by atoms with Crippen LogP contribution < -0.4 is 15.6 Å². The third-order valence-electron chi connectivity index (χ3n) is 4.97. The van der Waals surface area contributed by atoms with E-state index in [1.54, 1.807) is 25.1 Å². The average molecular weight is 370 g/mol. The summed E-state index contributed by atoms with van der Waals surface area (Å²) in [5.41, 5.74) is 5.22. The van der Waals surface area contributed by atoms with E-state index in [0.29, 0.717) is 11.4 Å². The Balaban J connectivity index is 1.83. The van der Waals surface area contributed by atoms with Gasteiger partial charge in [0.2, 0.25) is 5.91 Å². The smallest absolute Gasteiger partial charge is 0.322 e. The number of anilines is 1. The number of amides is 4. The molecule has 27 heavy (non-hydrogen) atoms. The molecule has 0 spiro atoms. The van der Waals surface area contributed by atoms with Crippen LogP contribution in [0, 0.1) is 12.8 Å². The van der Waals surface area contributed by atoms with Crippen molar-refractivity contribution in [2.24, 2.45) is 5.92 Å². The molecule has 2 aliphatic heterocycles.